The number of piperidine rings is 1. The summed E-state index contributed by atoms with van der Waals surface area (Å²) in [6, 6.07) is 7.29. The number of nitrogens with one attached hydrogen (secondary N) is 2. The maximum absolute atomic E-state index is 12.1. The van der Waals surface area contributed by atoms with Gasteiger partial charge in [-0.15, -0.1) is 0 Å². The van der Waals surface area contributed by atoms with Crippen LogP contribution in [0.5, 0.6) is 0 Å². The monoisotopic (exact) mass is 384 g/mol. The second kappa shape index (κ2) is 9.12. The van der Waals surface area contributed by atoms with E-state index in [2.05, 4.69) is 30.5 Å². The summed E-state index contributed by atoms with van der Waals surface area (Å²) in [6.45, 7) is 1.63. The van der Waals surface area contributed by atoms with Crippen LogP contribution >= 0.6 is 0 Å². The van der Waals surface area contributed by atoms with E-state index in [9.17, 15) is 9.59 Å². The van der Waals surface area contributed by atoms with Crippen molar-refractivity contribution < 1.29 is 14.7 Å². The Morgan fingerprint density at radius 2 is 2.18 bits per heavy atom. The number of amides is 1. The second-order valence-electron chi connectivity index (χ2n) is 6.62. The fourth-order valence-corrected chi connectivity index (χ4v) is 3.20. The Balaban J connectivity index is 1.88. The summed E-state index contributed by atoms with van der Waals surface area (Å²) in [5.41, 5.74) is 0.630. The number of rotatable bonds is 7. The number of aliphatic carboxylic acids is 1. The number of hydrogen-bond donors (Lipinski definition) is 3. The topological polar surface area (TPSA) is 120 Å². The minimum absolute atomic E-state index is 0.0132. The maximum Gasteiger partial charge on any atom is 0.305 e. The molecule has 0 saturated carbocycles. The van der Waals surface area contributed by atoms with Crippen molar-refractivity contribution in [1.29, 1.82) is 0 Å². The fraction of sp³-hybridized carbons (Fsp3) is 0.421. The Kier molecular flexibility index (Phi) is 6.36. The molecule has 0 aliphatic carbocycles. The normalized spacial score (nSPS) is 16.5. The zero-order valence-corrected chi connectivity index (χ0v) is 15.8. The predicted molar refractivity (Wildman–Crippen MR) is 105 cm³/mol. The van der Waals surface area contributed by atoms with E-state index < -0.39 is 5.97 Å². The summed E-state index contributed by atoms with van der Waals surface area (Å²) >= 11 is 0. The number of aromatic nitrogens is 3. The summed E-state index contributed by atoms with van der Waals surface area (Å²) in [4.78, 5) is 38.4. The zero-order chi connectivity index (χ0) is 19.9. The van der Waals surface area contributed by atoms with Gasteiger partial charge in [0, 0.05) is 38.9 Å². The third kappa shape index (κ3) is 4.93. The highest BCUT2D eigenvalue weighted by atomic mass is 16.4. The van der Waals surface area contributed by atoms with Crippen molar-refractivity contribution in [2.24, 2.45) is 5.92 Å². The molecule has 28 heavy (non-hydrogen) atoms. The average molecular weight is 384 g/mol. The lowest BCUT2D eigenvalue weighted by Gasteiger charge is -2.33. The van der Waals surface area contributed by atoms with E-state index in [0.29, 0.717) is 29.7 Å². The highest BCUT2D eigenvalue weighted by Gasteiger charge is 2.26. The zero-order valence-electron chi connectivity index (χ0n) is 15.8. The van der Waals surface area contributed by atoms with E-state index in [4.69, 9.17) is 5.11 Å². The van der Waals surface area contributed by atoms with Crippen LogP contribution in [0.1, 0.15) is 19.3 Å². The van der Waals surface area contributed by atoms with Gasteiger partial charge in [-0.1, -0.05) is 6.07 Å². The molecule has 1 saturated heterocycles. The number of carbonyl (C=O) groups excluding carboxylic acids is 1. The van der Waals surface area contributed by atoms with Crippen molar-refractivity contribution in [3.63, 3.8) is 0 Å². The van der Waals surface area contributed by atoms with Crippen molar-refractivity contribution in [3.05, 3.63) is 30.5 Å². The Morgan fingerprint density at radius 3 is 2.89 bits per heavy atom. The number of carbonyl (C=O) groups is 2. The van der Waals surface area contributed by atoms with Gasteiger partial charge in [0.2, 0.25) is 5.91 Å². The van der Waals surface area contributed by atoms with Crippen LogP contribution in [0.15, 0.2) is 30.5 Å². The summed E-state index contributed by atoms with van der Waals surface area (Å²) in [5, 5.41) is 14.6. The molecule has 1 atom stereocenters. The molecule has 9 nitrogen and oxygen atoms in total. The number of carboxylic acids is 1. The highest BCUT2D eigenvalue weighted by Crippen LogP contribution is 2.26. The first-order valence-electron chi connectivity index (χ1n) is 9.29. The molecule has 0 spiro atoms. The molecule has 1 aliphatic rings. The molecular formula is C19H24N6O3. The molecule has 2 aromatic heterocycles. The first kappa shape index (κ1) is 19.5. The second-order valence-corrected chi connectivity index (χ2v) is 6.62. The first-order chi connectivity index (χ1) is 13.6. The molecule has 0 aromatic carbocycles. The molecule has 2 aromatic rings. The molecule has 148 valence electrons. The molecular weight excluding hydrogens is 360 g/mol. The molecule has 9 heteroatoms. The van der Waals surface area contributed by atoms with Crippen molar-refractivity contribution in [3.8, 4) is 11.5 Å². The third-order valence-corrected chi connectivity index (χ3v) is 4.61. The van der Waals surface area contributed by atoms with Gasteiger partial charge in [0.05, 0.1) is 12.3 Å². The van der Waals surface area contributed by atoms with Gasteiger partial charge in [-0.25, -0.2) is 9.97 Å². The van der Waals surface area contributed by atoms with Crippen molar-refractivity contribution in [2.45, 2.75) is 19.3 Å². The van der Waals surface area contributed by atoms with Gasteiger partial charge in [-0.3, -0.25) is 14.6 Å². The molecule has 1 unspecified atom stereocenters. The number of carboxylic acid groups (broad SMARTS) is 1. The standard InChI is InChI=1S/C19H24N6O3/c1-20-19(28)13-5-4-10-25(12-13)16-11-15(22-9-7-17(26)27)23-18(24-16)14-6-2-3-8-21-14/h2-3,6,8,11,13H,4-5,7,9-10,12H2,1H3,(H,20,28)(H,26,27)(H,22,23,24). The van der Waals surface area contributed by atoms with Crippen molar-refractivity contribution in [1.82, 2.24) is 20.3 Å². The third-order valence-electron chi connectivity index (χ3n) is 4.61. The van der Waals surface area contributed by atoms with Crippen LogP contribution in [0.25, 0.3) is 11.5 Å². The van der Waals surface area contributed by atoms with Gasteiger partial charge in [-0.2, -0.15) is 0 Å². The lowest BCUT2D eigenvalue weighted by Crippen LogP contribution is -2.42. The van der Waals surface area contributed by atoms with Crippen LogP contribution < -0.4 is 15.5 Å². The van der Waals surface area contributed by atoms with E-state index in [-0.39, 0.29) is 24.8 Å². The molecule has 3 N–H and O–H groups in total. The van der Waals surface area contributed by atoms with Crippen LogP contribution in [-0.2, 0) is 9.59 Å². The van der Waals surface area contributed by atoms with Crippen molar-refractivity contribution in [2.75, 3.05) is 36.9 Å². The Morgan fingerprint density at radius 1 is 1.32 bits per heavy atom. The Hall–Kier alpha value is -3.23. The maximum atomic E-state index is 12.1. The van der Waals surface area contributed by atoms with E-state index in [1.54, 1.807) is 19.3 Å². The van der Waals surface area contributed by atoms with Gasteiger partial charge >= 0.3 is 5.97 Å². The van der Waals surface area contributed by atoms with Crippen LogP contribution in [0.4, 0.5) is 11.6 Å². The molecule has 1 fully saturated rings. The Bertz CT molecular complexity index is 830. The number of pyridine rings is 1. The summed E-state index contributed by atoms with van der Waals surface area (Å²) in [6.07, 6.45) is 3.40. The lowest BCUT2D eigenvalue weighted by atomic mass is 9.97. The molecule has 0 radical (unpaired) electrons. The fourth-order valence-electron chi connectivity index (χ4n) is 3.20. The molecule has 1 amide bonds. The number of hydrogen-bond acceptors (Lipinski definition) is 7. The van der Waals surface area contributed by atoms with Gasteiger partial charge in [0.25, 0.3) is 0 Å². The summed E-state index contributed by atoms with van der Waals surface area (Å²) in [7, 11) is 1.65. The van der Waals surface area contributed by atoms with Gasteiger partial charge in [0.15, 0.2) is 5.82 Å². The SMILES string of the molecule is CNC(=O)C1CCCN(c2cc(NCCC(=O)O)nc(-c3ccccn3)n2)C1. The number of anilines is 2. The van der Waals surface area contributed by atoms with Gasteiger partial charge in [0.1, 0.15) is 17.3 Å². The lowest BCUT2D eigenvalue weighted by molar-refractivity contribution is -0.136. The van der Waals surface area contributed by atoms with Crippen molar-refractivity contribution >= 4 is 23.5 Å². The average Bonchev–Trinajstić information content (AvgIpc) is 2.73. The minimum atomic E-state index is -0.879. The van der Waals surface area contributed by atoms with E-state index in [1.165, 1.54) is 0 Å². The van der Waals surface area contributed by atoms with E-state index >= 15 is 0 Å². The molecule has 3 heterocycles. The minimum Gasteiger partial charge on any atom is -0.481 e. The molecule has 1 aliphatic heterocycles. The quantitative estimate of drug-likeness (QED) is 0.655. The summed E-state index contributed by atoms with van der Waals surface area (Å²) in [5.74, 6) is 0.754. The largest absolute Gasteiger partial charge is 0.481 e. The van der Waals surface area contributed by atoms with Gasteiger partial charge in [-0.05, 0) is 25.0 Å². The van der Waals surface area contributed by atoms with Crippen LogP contribution in [-0.4, -0.2) is 58.6 Å². The number of nitrogens with zero attached hydrogens (tertiary/aromatic N) is 4. The molecule has 3 rings (SSSR count). The van der Waals surface area contributed by atoms with Crippen LogP contribution in [0.3, 0.4) is 0 Å². The smallest absolute Gasteiger partial charge is 0.305 e. The summed E-state index contributed by atoms with van der Waals surface area (Å²) < 4.78 is 0. The predicted octanol–water partition coefficient (Wildman–Crippen LogP) is 1.39. The Labute approximate surface area is 163 Å². The first-order valence-corrected chi connectivity index (χ1v) is 9.29. The van der Waals surface area contributed by atoms with Crippen LogP contribution in [0.2, 0.25) is 0 Å². The van der Waals surface area contributed by atoms with Crippen LogP contribution in [0, 0.1) is 5.92 Å². The van der Waals surface area contributed by atoms with E-state index in [0.717, 1.165) is 19.4 Å². The van der Waals surface area contributed by atoms with Gasteiger partial charge < -0.3 is 20.6 Å². The molecule has 0 bridgehead atoms. The van der Waals surface area contributed by atoms with E-state index in [1.807, 2.05) is 18.2 Å². The highest BCUT2D eigenvalue weighted by molar-refractivity contribution is 5.79.